The van der Waals surface area contributed by atoms with Crippen molar-refractivity contribution in [1.29, 1.82) is 0 Å². The molecule has 1 saturated heterocycles. The molecule has 7 nitrogen and oxygen atoms in total. The van der Waals surface area contributed by atoms with Crippen LogP contribution >= 0.6 is 12.4 Å². The highest BCUT2D eigenvalue weighted by atomic mass is 35.5. The molecule has 8 heteroatoms. The number of nitrogens with zero attached hydrogens (tertiary/aromatic N) is 1. The summed E-state index contributed by atoms with van der Waals surface area (Å²) in [5, 5.41) is 5.71. The number of nitrogens with one attached hydrogen (secondary N) is 2. The molecule has 1 fully saturated rings. The minimum absolute atomic E-state index is 0. The van der Waals surface area contributed by atoms with Gasteiger partial charge >= 0.3 is 0 Å². The maximum atomic E-state index is 12.7. The number of hydrogen-bond donors (Lipinski definition) is 2. The number of carbonyl (C=O) groups is 2. The molecule has 1 aromatic rings. The Bertz CT molecular complexity index is 597. The molecule has 1 atom stereocenters. The van der Waals surface area contributed by atoms with Crippen LogP contribution in [0.25, 0.3) is 0 Å². The van der Waals surface area contributed by atoms with Crippen LogP contribution in [0.15, 0.2) is 18.2 Å². The van der Waals surface area contributed by atoms with E-state index in [9.17, 15) is 9.59 Å². The summed E-state index contributed by atoms with van der Waals surface area (Å²) in [6.07, 6.45) is 2.07. The van der Waals surface area contributed by atoms with Crippen LogP contribution in [0.1, 0.15) is 23.2 Å². The van der Waals surface area contributed by atoms with E-state index in [4.69, 9.17) is 9.47 Å². The lowest BCUT2D eigenvalue weighted by Crippen LogP contribution is -2.46. The Morgan fingerprint density at radius 1 is 1.28 bits per heavy atom. The zero-order chi connectivity index (χ0) is 17.5. The third-order valence-electron chi connectivity index (χ3n) is 4.17. The average Bonchev–Trinajstić information content (AvgIpc) is 2.65. The molecule has 0 bridgehead atoms. The van der Waals surface area contributed by atoms with Crippen LogP contribution in [0.2, 0.25) is 0 Å². The molecule has 0 saturated carbocycles. The predicted octanol–water partition coefficient (Wildman–Crippen LogP) is 1.07. The van der Waals surface area contributed by atoms with Gasteiger partial charge in [0, 0.05) is 31.7 Å². The summed E-state index contributed by atoms with van der Waals surface area (Å²) in [6, 6.07) is 5.35. The Balaban J connectivity index is 0.00000312. The Kier molecular flexibility index (Phi) is 8.51. The van der Waals surface area contributed by atoms with Gasteiger partial charge < -0.3 is 25.0 Å². The topological polar surface area (TPSA) is 79.9 Å². The Hall–Kier alpha value is -1.99. The predicted molar refractivity (Wildman–Crippen MR) is 97.8 cm³/mol. The molecular formula is C17H26ClN3O4. The highest BCUT2D eigenvalue weighted by Gasteiger charge is 2.24. The van der Waals surface area contributed by atoms with Gasteiger partial charge in [-0.1, -0.05) is 0 Å². The number of carbonyl (C=O) groups excluding carboxylic acids is 2. The van der Waals surface area contributed by atoms with Gasteiger partial charge in [-0.15, -0.1) is 12.4 Å². The summed E-state index contributed by atoms with van der Waals surface area (Å²) >= 11 is 0. The molecule has 140 valence electrons. The second kappa shape index (κ2) is 10.1. The van der Waals surface area contributed by atoms with Crippen LogP contribution in [0.5, 0.6) is 11.5 Å². The van der Waals surface area contributed by atoms with Crippen molar-refractivity contribution in [3.8, 4) is 11.5 Å². The lowest BCUT2D eigenvalue weighted by atomic mass is 10.0. The number of rotatable bonds is 6. The molecule has 2 rings (SSSR count). The quantitative estimate of drug-likeness (QED) is 0.781. The van der Waals surface area contributed by atoms with E-state index in [1.807, 2.05) is 11.9 Å². The number of methoxy groups -OCH3 is 1. The van der Waals surface area contributed by atoms with Crippen molar-refractivity contribution in [3.63, 3.8) is 0 Å². The molecule has 0 spiro atoms. The first-order valence-electron chi connectivity index (χ1n) is 8.07. The first-order valence-corrected chi connectivity index (χ1v) is 8.07. The first kappa shape index (κ1) is 21.1. The van der Waals surface area contributed by atoms with Crippen LogP contribution in [0.4, 0.5) is 0 Å². The van der Waals surface area contributed by atoms with Gasteiger partial charge in [0.25, 0.3) is 11.8 Å². The van der Waals surface area contributed by atoms with Gasteiger partial charge in [-0.25, -0.2) is 0 Å². The average molecular weight is 372 g/mol. The van der Waals surface area contributed by atoms with Gasteiger partial charge in [-0.3, -0.25) is 9.59 Å². The van der Waals surface area contributed by atoms with Crippen molar-refractivity contribution >= 4 is 24.2 Å². The van der Waals surface area contributed by atoms with E-state index in [1.54, 1.807) is 25.2 Å². The molecule has 25 heavy (non-hydrogen) atoms. The fraction of sp³-hybridized carbons (Fsp3) is 0.529. The molecule has 1 aliphatic heterocycles. The lowest BCUT2D eigenvalue weighted by Gasteiger charge is -2.32. The smallest absolute Gasteiger partial charge is 0.257 e. The highest BCUT2D eigenvalue weighted by molar-refractivity contribution is 5.95. The molecule has 1 aromatic carbocycles. The first-order chi connectivity index (χ1) is 11.6. The second-order valence-electron chi connectivity index (χ2n) is 5.71. The summed E-state index contributed by atoms with van der Waals surface area (Å²) in [5.74, 6) is 0.617. The van der Waals surface area contributed by atoms with E-state index in [0.717, 1.165) is 19.4 Å². The number of amides is 2. The normalized spacial score (nSPS) is 16.6. The Morgan fingerprint density at radius 3 is 2.68 bits per heavy atom. The number of hydrogen-bond acceptors (Lipinski definition) is 5. The van der Waals surface area contributed by atoms with Gasteiger partial charge in [0.1, 0.15) is 0 Å². The Morgan fingerprint density at radius 2 is 2.04 bits per heavy atom. The van der Waals surface area contributed by atoms with Crippen LogP contribution < -0.4 is 20.1 Å². The van der Waals surface area contributed by atoms with Crippen molar-refractivity contribution in [2.24, 2.45) is 0 Å². The molecule has 1 aliphatic rings. The maximum absolute atomic E-state index is 12.7. The maximum Gasteiger partial charge on any atom is 0.257 e. The van der Waals surface area contributed by atoms with E-state index >= 15 is 0 Å². The molecule has 0 aliphatic carbocycles. The monoisotopic (exact) mass is 371 g/mol. The van der Waals surface area contributed by atoms with Gasteiger partial charge in [0.2, 0.25) is 0 Å². The summed E-state index contributed by atoms with van der Waals surface area (Å²) in [7, 11) is 4.97. The molecule has 1 heterocycles. The fourth-order valence-corrected chi connectivity index (χ4v) is 2.72. The number of likely N-dealkylation sites (tertiary alicyclic amines) is 1. The molecular weight excluding hydrogens is 346 g/mol. The SMILES string of the molecule is CNC(=O)COc1ccc(C(=O)N2CCCC(NC)C2)cc1OC.Cl. The number of piperidine rings is 1. The summed E-state index contributed by atoms with van der Waals surface area (Å²) in [4.78, 5) is 25.8. The number of ether oxygens (including phenoxy) is 2. The van der Waals surface area contributed by atoms with E-state index in [1.165, 1.54) is 7.11 Å². The van der Waals surface area contributed by atoms with Gasteiger partial charge in [0.15, 0.2) is 18.1 Å². The van der Waals surface area contributed by atoms with Crippen molar-refractivity contribution in [2.75, 3.05) is 40.9 Å². The standard InChI is InChI=1S/C17H25N3O4.ClH/c1-18-13-5-4-8-20(10-13)17(22)12-6-7-14(15(9-12)23-3)24-11-16(21)19-2;/h6-7,9,13,18H,4-5,8,10-11H2,1-3H3,(H,19,21);1H. The third kappa shape index (κ3) is 5.51. The third-order valence-corrected chi connectivity index (χ3v) is 4.17. The van der Waals surface area contributed by atoms with E-state index in [2.05, 4.69) is 10.6 Å². The summed E-state index contributed by atoms with van der Waals surface area (Å²) < 4.78 is 10.7. The molecule has 1 unspecified atom stereocenters. The minimum Gasteiger partial charge on any atom is -0.493 e. The van der Waals surface area contributed by atoms with Crippen LogP contribution in [0, 0.1) is 0 Å². The van der Waals surface area contributed by atoms with Crippen molar-refractivity contribution in [3.05, 3.63) is 23.8 Å². The van der Waals surface area contributed by atoms with E-state index < -0.39 is 0 Å². The summed E-state index contributed by atoms with van der Waals surface area (Å²) in [6.45, 7) is 1.36. The second-order valence-corrected chi connectivity index (χ2v) is 5.71. The fourth-order valence-electron chi connectivity index (χ4n) is 2.72. The number of benzene rings is 1. The van der Waals surface area contributed by atoms with Crippen LogP contribution in [-0.4, -0.2) is 63.7 Å². The van der Waals surface area contributed by atoms with E-state index in [0.29, 0.717) is 29.6 Å². The Labute approximate surface area is 154 Å². The minimum atomic E-state index is -0.233. The van der Waals surface area contributed by atoms with Crippen molar-refractivity contribution in [1.82, 2.24) is 15.5 Å². The molecule has 2 amide bonds. The lowest BCUT2D eigenvalue weighted by molar-refractivity contribution is -0.122. The van der Waals surface area contributed by atoms with E-state index in [-0.39, 0.29) is 30.8 Å². The number of likely N-dealkylation sites (N-methyl/N-ethyl adjacent to an activating group) is 2. The molecule has 0 radical (unpaired) electrons. The highest BCUT2D eigenvalue weighted by Crippen LogP contribution is 2.29. The van der Waals surface area contributed by atoms with Crippen LogP contribution in [-0.2, 0) is 4.79 Å². The van der Waals surface area contributed by atoms with Gasteiger partial charge in [-0.05, 0) is 38.1 Å². The van der Waals surface area contributed by atoms with Gasteiger partial charge in [0.05, 0.1) is 7.11 Å². The molecule has 2 N–H and O–H groups in total. The van der Waals surface area contributed by atoms with Crippen LogP contribution in [0.3, 0.4) is 0 Å². The van der Waals surface area contributed by atoms with Crippen molar-refractivity contribution in [2.45, 2.75) is 18.9 Å². The zero-order valence-corrected chi connectivity index (χ0v) is 15.6. The molecule has 0 aromatic heterocycles. The van der Waals surface area contributed by atoms with Crippen molar-refractivity contribution < 1.29 is 19.1 Å². The zero-order valence-electron chi connectivity index (χ0n) is 14.8. The number of halogens is 1. The largest absolute Gasteiger partial charge is 0.493 e. The summed E-state index contributed by atoms with van der Waals surface area (Å²) in [5.41, 5.74) is 0.552. The van der Waals surface area contributed by atoms with Gasteiger partial charge in [-0.2, -0.15) is 0 Å².